The fourth-order valence-electron chi connectivity index (χ4n) is 2.44. The minimum atomic E-state index is 1.01. The van der Waals surface area contributed by atoms with Crippen LogP contribution in [-0.4, -0.2) is 0 Å². The van der Waals surface area contributed by atoms with Gasteiger partial charge >= 0.3 is 0 Å². The predicted octanol–water partition coefficient (Wildman–Crippen LogP) is 4.87. The van der Waals surface area contributed by atoms with Crippen LogP contribution in [0.4, 0.5) is 0 Å². The molecule has 0 saturated heterocycles. The van der Waals surface area contributed by atoms with Crippen LogP contribution >= 0.6 is 0 Å². The largest absolute Gasteiger partial charge is 0.0622 e. The van der Waals surface area contributed by atoms with Crippen molar-refractivity contribution in [2.75, 3.05) is 0 Å². The summed E-state index contributed by atoms with van der Waals surface area (Å²) < 4.78 is 0. The van der Waals surface area contributed by atoms with Crippen LogP contribution in [0.25, 0.3) is 0 Å². The van der Waals surface area contributed by atoms with E-state index in [1.807, 2.05) is 0 Å². The summed E-state index contributed by atoms with van der Waals surface area (Å²) in [5, 5.41) is 0. The highest BCUT2D eigenvalue weighted by Gasteiger charge is 1.98. The maximum absolute atomic E-state index is 2.24. The highest BCUT2D eigenvalue weighted by atomic mass is 14.0. The number of rotatable bonds is 4. The second kappa shape index (κ2) is 6.21. The van der Waals surface area contributed by atoms with E-state index in [0.29, 0.717) is 0 Å². The molecule has 0 amide bonds. The van der Waals surface area contributed by atoms with Crippen molar-refractivity contribution in [2.24, 2.45) is 0 Å². The third-order valence-electron chi connectivity index (χ3n) is 3.53. The van der Waals surface area contributed by atoms with Crippen LogP contribution in [0.15, 0.2) is 84.9 Å². The molecule has 0 aliphatic rings. The predicted molar refractivity (Wildman–Crippen MR) is 84.9 cm³/mol. The molecule has 0 spiro atoms. The molecular formula is C20H18. The Morgan fingerprint density at radius 1 is 0.350 bits per heavy atom. The molecule has 0 heteroatoms. The molecule has 3 rings (SSSR count). The normalized spacial score (nSPS) is 10.4. The van der Waals surface area contributed by atoms with Gasteiger partial charge in [0.25, 0.3) is 0 Å². The summed E-state index contributed by atoms with van der Waals surface area (Å²) in [5.74, 6) is 0. The monoisotopic (exact) mass is 258 g/mol. The van der Waals surface area contributed by atoms with Gasteiger partial charge in [0.1, 0.15) is 0 Å². The van der Waals surface area contributed by atoms with Crippen molar-refractivity contribution in [1.29, 1.82) is 0 Å². The molecule has 0 nitrogen and oxygen atoms in total. The van der Waals surface area contributed by atoms with E-state index >= 15 is 0 Å². The zero-order valence-electron chi connectivity index (χ0n) is 11.5. The molecule has 0 aliphatic heterocycles. The quantitative estimate of drug-likeness (QED) is 0.626. The van der Waals surface area contributed by atoms with Crippen molar-refractivity contribution in [3.05, 3.63) is 107 Å². The summed E-state index contributed by atoms with van der Waals surface area (Å²) >= 11 is 0. The molecule has 0 aliphatic carbocycles. The van der Waals surface area contributed by atoms with Crippen LogP contribution in [0.1, 0.15) is 22.3 Å². The van der Waals surface area contributed by atoms with Gasteiger partial charge in [0.2, 0.25) is 0 Å². The van der Waals surface area contributed by atoms with Gasteiger partial charge in [0.15, 0.2) is 0 Å². The van der Waals surface area contributed by atoms with E-state index in [-0.39, 0.29) is 0 Å². The van der Waals surface area contributed by atoms with Crippen molar-refractivity contribution in [3.63, 3.8) is 0 Å². The molecule has 0 bridgehead atoms. The zero-order valence-corrected chi connectivity index (χ0v) is 11.5. The van der Waals surface area contributed by atoms with E-state index in [1.54, 1.807) is 0 Å². The van der Waals surface area contributed by atoms with E-state index in [0.717, 1.165) is 12.8 Å². The Labute approximate surface area is 120 Å². The Bertz CT molecular complexity index is 576. The van der Waals surface area contributed by atoms with Gasteiger partial charge in [0.05, 0.1) is 0 Å². The van der Waals surface area contributed by atoms with E-state index in [9.17, 15) is 0 Å². The number of benzene rings is 3. The summed E-state index contributed by atoms with van der Waals surface area (Å²) in [6.45, 7) is 0. The average Bonchev–Trinajstić information content (AvgIpc) is 2.51. The molecule has 20 heavy (non-hydrogen) atoms. The van der Waals surface area contributed by atoms with Crippen molar-refractivity contribution >= 4 is 0 Å². The summed E-state index contributed by atoms with van der Waals surface area (Å²) in [6.07, 6.45) is 2.01. The van der Waals surface area contributed by atoms with Gasteiger partial charge in [0, 0.05) is 0 Å². The Kier molecular flexibility index (Phi) is 3.93. The molecule has 0 N–H and O–H groups in total. The molecule has 0 aromatic heterocycles. The van der Waals surface area contributed by atoms with Gasteiger partial charge in [-0.1, -0.05) is 84.9 Å². The first-order valence-corrected chi connectivity index (χ1v) is 7.06. The van der Waals surface area contributed by atoms with Crippen LogP contribution in [0.3, 0.4) is 0 Å². The third kappa shape index (κ3) is 3.36. The molecule has 0 unspecified atom stereocenters. The highest BCUT2D eigenvalue weighted by molar-refractivity contribution is 5.31. The number of hydrogen-bond acceptors (Lipinski definition) is 0. The maximum atomic E-state index is 2.24. The van der Waals surface area contributed by atoms with Crippen molar-refractivity contribution in [2.45, 2.75) is 12.8 Å². The second-order valence-electron chi connectivity index (χ2n) is 5.14. The van der Waals surface area contributed by atoms with E-state index < -0.39 is 0 Å². The third-order valence-corrected chi connectivity index (χ3v) is 3.53. The lowest BCUT2D eigenvalue weighted by molar-refractivity contribution is 1.15. The lowest BCUT2D eigenvalue weighted by Crippen LogP contribution is -1.91. The van der Waals surface area contributed by atoms with Gasteiger partial charge in [-0.05, 0) is 35.1 Å². The topological polar surface area (TPSA) is 0 Å². The zero-order chi connectivity index (χ0) is 13.6. The first kappa shape index (κ1) is 12.7. The fourth-order valence-corrected chi connectivity index (χ4v) is 2.44. The summed E-state index contributed by atoms with van der Waals surface area (Å²) in [6, 6.07) is 30.2. The molecule has 0 saturated carbocycles. The minimum absolute atomic E-state index is 1.01. The smallest absolute Gasteiger partial charge is 0.00258 e. The maximum Gasteiger partial charge on any atom is -0.00258 e. The first-order chi connectivity index (χ1) is 9.90. The van der Waals surface area contributed by atoms with Crippen LogP contribution in [-0.2, 0) is 12.8 Å². The number of hydrogen-bond donors (Lipinski definition) is 0. The summed E-state index contributed by atoms with van der Waals surface area (Å²) in [4.78, 5) is 0. The minimum Gasteiger partial charge on any atom is -0.0622 e. The van der Waals surface area contributed by atoms with Gasteiger partial charge in [-0.3, -0.25) is 0 Å². The molecule has 0 atom stereocenters. The van der Waals surface area contributed by atoms with Crippen molar-refractivity contribution < 1.29 is 0 Å². The standard InChI is InChI=1S/C20H18/c1-3-7-17(8-4-1)15-19-11-13-20(14-12-19)16-18-9-5-2-6-10-18/h1-14H,15-16H2. The Morgan fingerprint density at radius 2 is 0.650 bits per heavy atom. The van der Waals surface area contributed by atoms with Gasteiger partial charge in [-0.2, -0.15) is 0 Å². The van der Waals surface area contributed by atoms with Gasteiger partial charge < -0.3 is 0 Å². The van der Waals surface area contributed by atoms with Crippen LogP contribution < -0.4 is 0 Å². The van der Waals surface area contributed by atoms with Crippen LogP contribution in [0, 0.1) is 0 Å². The van der Waals surface area contributed by atoms with E-state index in [4.69, 9.17) is 0 Å². The SMILES string of the molecule is c1ccc(Cc2ccc(Cc3ccccc3)cc2)cc1. The fraction of sp³-hybridized carbons (Fsp3) is 0.100. The van der Waals surface area contributed by atoms with Crippen LogP contribution in [0.5, 0.6) is 0 Å². The van der Waals surface area contributed by atoms with Crippen LogP contribution in [0.2, 0.25) is 0 Å². The summed E-state index contributed by atoms with van der Waals surface area (Å²) in [5.41, 5.74) is 5.47. The molecule has 0 heterocycles. The average molecular weight is 258 g/mol. The second-order valence-corrected chi connectivity index (χ2v) is 5.14. The molecule has 98 valence electrons. The highest BCUT2D eigenvalue weighted by Crippen LogP contribution is 2.13. The van der Waals surface area contributed by atoms with Crippen molar-refractivity contribution in [1.82, 2.24) is 0 Å². The lowest BCUT2D eigenvalue weighted by atomic mass is 10.0. The molecule has 3 aromatic rings. The van der Waals surface area contributed by atoms with E-state index in [2.05, 4.69) is 84.9 Å². The van der Waals surface area contributed by atoms with Gasteiger partial charge in [-0.15, -0.1) is 0 Å². The Hall–Kier alpha value is -2.34. The molecule has 3 aromatic carbocycles. The molecular weight excluding hydrogens is 240 g/mol. The molecule has 0 fully saturated rings. The lowest BCUT2D eigenvalue weighted by Gasteiger charge is -2.05. The van der Waals surface area contributed by atoms with Crippen molar-refractivity contribution in [3.8, 4) is 0 Å². The summed E-state index contributed by atoms with van der Waals surface area (Å²) in [7, 11) is 0. The van der Waals surface area contributed by atoms with E-state index in [1.165, 1.54) is 22.3 Å². The molecule has 0 radical (unpaired) electrons. The Morgan fingerprint density at radius 3 is 1.00 bits per heavy atom. The first-order valence-electron chi connectivity index (χ1n) is 7.06. The van der Waals surface area contributed by atoms with Gasteiger partial charge in [-0.25, -0.2) is 0 Å². The Balaban J connectivity index is 1.69.